The summed E-state index contributed by atoms with van der Waals surface area (Å²) >= 11 is 0. The topological polar surface area (TPSA) is 6.48 Å². The van der Waals surface area contributed by atoms with Gasteiger partial charge in [-0.15, -0.1) is 0 Å². The summed E-state index contributed by atoms with van der Waals surface area (Å²) in [4.78, 5) is 5.61. The molecule has 1 aliphatic carbocycles. The summed E-state index contributed by atoms with van der Waals surface area (Å²) in [5.41, 5.74) is 0. The van der Waals surface area contributed by atoms with Gasteiger partial charge >= 0.3 is 0 Å². The van der Waals surface area contributed by atoms with Gasteiger partial charge in [0, 0.05) is 31.2 Å². The largest absolute Gasteiger partial charge is 0.298 e. The van der Waals surface area contributed by atoms with E-state index in [-0.39, 0.29) is 0 Å². The molecule has 3 aliphatic rings. The Balaban J connectivity index is 1.69. The molecule has 0 aromatic heterocycles. The standard InChI is InChI=1S/C13H24N2/c1-2-11-9-14-8-4-7-13(14)10-15(11)12-5-3-6-12/h11-13H,2-10H2,1H3. The van der Waals surface area contributed by atoms with E-state index >= 15 is 0 Å². The first-order chi connectivity index (χ1) is 7.38. The highest BCUT2D eigenvalue weighted by atomic mass is 15.3. The van der Waals surface area contributed by atoms with Crippen LogP contribution < -0.4 is 0 Å². The Morgan fingerprint density at radius 2 is 1.80 bits per heavy atom. The first-order valence-corrected chi connectivity index (χ1v) is 6.88. The van der Waals surface area contributed by atoms with E-state index in [1.54, 1.807) is 0 Å². The molecule has 3 fully saturated rings. The third-order valence-corrected chi connectivity index (χ3v) is 4.85. The third kappa shape index (κ3) is 1.72. The molecular formula is C13H24N2. The Morgan fingerprint density at radius 3 is 2.47 bits per heavy atom. The lowest BCUT2D eigenvalue weighted by atomic mass is 9.88. The molecule has 2 atom stereocenters. The minimum atomic E-state index is 0.865. The molecular weight excluding hydrogens is 184 g/mol. The van der Waals surface area contributed by atoms with Crippen molar-refractivity contribution >= 4 is 0 Å². The van der Waals surface area contributed by atoms with Crippen molar-refractivity contribution in [2.75, 3.05) is 19.6 Å². The summed E-state index contributed by atoms with van der Waals surface area (Å²) in [6, 6.07) is 2.73. The van der Waals surface area contributed by atoms with Gasteiger partial charge in [-0.2, -0.15) is 0 Å². The van der Waals surface area contributed by atoms with Crippen molar-refractivity contribution < 1.29 is 0 Å². The Kier molecular flexibility index (Phi) is 2.73. The molecule has 0 bridgehead atoms. The molecule has 0 spiro atoms. The van der Waals surface area contributed by atoms with E-state index in [9.17, 15) is 0 Å². The van der Waals surface area contributed by atoms with Gasteiger partial charge in [-0.1, -0.05) is 13.3 Å². The van der Waals surface area contributed by atoms with Gasteiger partial charge in [0.15, 0.2) is 0 Å². The zero-order valence-corrected chi connectivity index (χ0v) is 9.99. The van der Waals surface area contributed by atoms with Crippen LogP contribution in [-0.2, 0) is 0 Å². The summed E-state index contributed by atoms with van der Waals surface area (Å²) in [7, 11) is 0. The van der Waals surface area contributed by atoms with Gasteiger partial charge < -0.3 is 0 Å². The summed E-state index contributed by atoms with van der Waals surface area (Å²) < 4.78 is 0. The average molecular weight is 208 g/mol. The van der Waals surface area contributed by atoms with E-state index < -0.39 is 0 Å². The molecule has 2 unspecified atom stereocenters. The second-order valence-electron chi connectivity index (χ2n) is 5.63. The Labute approximate surface area is 93.6 Å². The Hall–Kier alpha value is -0.0800. The monoisotopic (exact) mass is 208 g/mol. The fourth-order valence-corrected chi connectivity index (χ4v) is 3.64. The highest BCUT2D eigenvalue weighted by Gasteiger charge is 2.39. The zero-order chi connectivity index (χ0) is 10.3. The molecule has 0 amide bonds. The van der Waals surface area contributed by atoms with Crippen LogP contribution in [0.5, 0.6) is 0 Å². The summed E-state index contributed by atoms with van der Waals surface area (Å²) in [6.45, 7) is 6.48. The minimum absolute atomic E-state index is 0.865. The lowest BCUT2D eigenvalue weighted by molar-refractivity contribution is -0.00605. The quantitative estimate of drug-likeness (QED) is 0.685. The molecule has 2 aliphatic heterocycles. The van der Waals surface area contributed by atoms with Gasteiger partial charge in [0.1, 0.15) is 0 Å². The number of nitrogens with zero attached hydrogens (tertiary/aromatic N) is 2. The fourth-order valence-electron chi connectivity index (χ4n) is 3.64. The molecule has 2 heterocycles. The molecule has 1 saturated carbocycles. The smallest absolute Gasteiger partial charge is 0.0224 e. The average Bonchev–Trinajstić information content (AvgIpc) is 2.60. The Morgan fingerprint density at radius 1 is 1.00 bits per heavy atom. The second kappa shape index (κ2) is 4.06. The lowest BCUT2D eigenvalue weighted by Gasteiger charge is -2.49. The number of hydrogen-bond acceptors (Lipinski definition) is 2. The van der Waals surface area contributed by atoms with Crippen LogP contribution in [0, 0.1) is 0 Å². The van der Waals surface area contributed by atoms with Crippen molar-refractivity contribution in [3.05, 3.63) is 0 Å². The van der Waals surface area contributed by atoms with Crippen molar-refractivity contribution in [1.29, 1.82) is 0 Å². The van der Waals surface area contributed by atoms with Crippen molar-refractivity contribution in [3.63, 3.8) is 0 Å². The van der Waals surface area contributed by atoms with Crippen molar-refractivity contribution in [2.24, 2.45) is 0 Å². The van der Waals surface area contributed by atoms with Crippen LogP contribution in [0.3, 0.4) is 0 Å². The van der Waals surface area contributed by atoms with Gasteiger partial charge in [-0.05, 0) is 38.6 Å². The molecule has 2 nitrogen and oxygen atoms in total. The maximum Gasteiger partial charge on any atom is 0.0224 e. The lowest BCUT2D eigenvalue weighted by Crippen LogP contribution is -2.60. The molecule has 0 radical (unpaired) electrons. The fraction of sp³-hybridized carbons (Fsp3) is 1.00. The highest BCUT2D eigenvalue weighted by Crippen LogP contribution is 2.33. The van der Waals surface area contributed by atoms with Crippen LogP contribution >= 0.6 is 0 Å². The van der Waals surface area contributed by atoms with E-state index in [0.717, 1.165) is 18.1 Å². The molecule has 0 aromatic carbocycles. The molecule has 15 heavy (non-hydrogen) atoms. The molecule has 86 valence electrons. The van der Waals surface area contributed by atoms with Gasteiger partial charge in [-0.3, -0.25) is 9.80 Å². The number of fused-ring (bicyclic) bond motifs is 1. The summed E-state index contributed by atoms with van der Waals surface area (Å²) in [5, 5.41) is 0. The van der Waals surface area contributed by atoms with Gasteiger partial charge in [0.05, 0.1) is 0 Å². The maximum atomic E-state index is 2.86. The molecule has 2 saturated heterocycles. The van der Waals surface area contributed by atoms with E-state index in [1.165, 1.54) is 58.2 Å². The SMILES string of the molecule is CCC1CN2CCCC2CN1C1CCC1. The van der Waals surface area contributed by atoms with E-state index in [4.69, 9.17) is 0 Å². The van der Waals surface area contributed by atoms with Crippen LogP contribution in [0.1, 0.15) is 45.4 Å². The first-order valence-electron chi connectivity index (χ1n) is 6.88. The van der Waals surface area contributed by atoms with Crippen molar-refractivity contribution in [1.82, 2.24) is 9.80 Å². The normalized spacial score (nSPS) is 39.0. The Bertz CT molecular complexity index is 225. The molecule has 0 N–H and O–H groups in total. The van der Waals surface area contributed by atoms with Crippen LogP contribution in [0.2, 0.25) is 0 Å². The predicted molar refractivity (Wildman–Crippen MR) is 63.0 cm³/mol. The van der Waals surface area contributed by atoms with Crippen molar-refractivity contribution in [3.8, 4) is 0 Å². The van der Waals surface area contributed by atoms with Crippen LogP contribution in [-0.4, -0.2) is 47.6 Å². The van der Waals surface area contributed by atoms with Gasteiger partial charge in [-0.25, -0.2) is 0 Å². The highest BCUT2D eigenvalue weighted by molar-refractivity contribution is 4.95. The van der Waals surface area contributed by atoms with Gasteiger partial charge in [0.2, 0.25) is 0 Å². The van der Waals surface area contributed by atoms with E-state index in [0.29, 0.717) is 0 Å². The zero-order valence-electron chi connectivity index (χ0n) is 9.99. The van der Waals surface area contributed by atoms with Crippen LogP contribution in [0.15, 0.2) is 0 Å². The van der Waals surface area contributed by atoms with Gasteiger partial charge in [0.25, 0.3) is 0 Å². The number of rotatable bonds is 2. The molecule has 0 aromatic rings. The first kappa shape index (κ1) is 10.1. The molecule has 3 rings (SSSR count). The number of hydrogen-bond donors (Lipinski definition) is 0. The molecule has 2 heteroatoms. The van der Waals surface area contributed by atoms with Crippen LogP contribution in [0.25, 0.3) is 0 Å². The third-order valence-electron chi connectivity index (χ3n) is 4.85. The van der Waals surface area contributed by atoms with E-state index in [2.05, 4.69) is 16.7 Å². The van der Waals surface area contributed by atoms with Crippen LogP contribution in [0.4, 0.5) is 0 Å². The minimum Gasteiger partial charge on any atom is -0.298 e. The summed E-state index contributed by atoms with van der Waals surface area (Å²) in [6.07, 6.45) is 8.68. The second-order valence-corrected chi connectivity index (χ2v) is 5.63. The van der Waals surface area contributed by atoms with E-state index in [1.807, 2.05) is 0 Å². The number of piperazine rings is 1. The predicted octanol–water partition coefficient (Wildman–Crippen LogP) is 2.10. The van der Waals surface area contributed by atoms with Crippen molar-refractivity contribution in [2.45, 2.75) is 63.6 Å². The maximum absolute atomic E-state index is 2.86. The summed E-state index contributed by atoms with van der Waals surface area (Å²) in [5.74, 6) is 0.